The molecule has 0 aliphatic carbocycles. The lowest BCUT2D eigenvalue weighted by molar-refractivity contribution is 0.255. The highest BCUT2D eigenvalue weighted by Gasteiger charge is 2.30. The Bertz CT molecular complexity index is 160. The van der Waals surface area contributed by atoms with Crippen LogP contribution >= 0.6 is 24.0 Å². The Morgan fingerprint density at radius 2 is 2.60 bits per heavy atom. The van der Waals surface area contributed by atoms with E-state index in [1.807, 2.05) is 0 Å². The molecule has 2 aliphatic heterocycles. The lowest BCUT2D eigenvalue weighted by atomic mass is 10.3. The maximum atomic E-state index is 5.17. The smallest absolute Gasteiger partial charge is 0.137 e. The number of thioether (sulfide) groups is 1. The van der Waals surface area contributed by atoms with Gasteiger partial charge >= 0.3 is 0 Å². The Labute approximate surface area is 70.3 Å². The molecule has 2 saturated heterocycles. The first kappa shape index (κ1) is 6.88. The quantitative estimate of drug-likeness (QED) is 0.542. The summed E-state index contributed by atoms with van der Waals surface area (Å²) in [4.78, 5) is 2.30. The molecule has 4 heteroatoms. The molecule has 0 saturated carbocycles. The number of nitrogens with one attached hydrogen (secondary N) is 1. The van der Waals surface area contributed by atoms with Crippen molar-refractivity contribution in [3.8, 4) is 0 Å². The van der Waals surface area contributed by atoms with Gasteiger partial charge in [-0.3, -0.25) is 5.32 Å². The van der Waals surface area contributed by atoms with Crippen molar-refractivity contribution in [3.05, 3.63) is 0 Å². The van der Waals surface area contributed by atoms with Gasteiger partial charge in [-0.05, 0) is 13.0 Å². The van der Waals surface area contributed by atoms with E-state index in [0.29, 0.717) is 6.17 Å². The fraction of sp³-hybridized carbons (Fsp3) is 0.833. The van der Waals surface area contributed by atoms with E-state index in [0.717, 1.165) is 23.2 Å². The molecule has 2 rings (SSSR count). The van der Waals surface area contributed by atoms with Crippen molar-refractivity contribution in [2.45, 2.75) is 12.6 Å². The first-order chi connectivity index (χ1) is 4.88. The van der Waals surface area contributed by atoms with Crippen LogP contribution in [0.5, 0.6) is 0 Å². The van der Waals surface area contributed by atoms with Crippen LogP contribution in [0.1, 0.15) is 6.42 Å². The van der Waals surface area contributed by atoms with Crippen LogP contribution in [0.4, 0.5) is 0 Å². The van der Waals surface area contributed by atoms with E-state index in [4.69, 9.17) is 12.2 Å². The number of rotatable bonds is 0. The van der Waals surface area contributed by atoms with Crippen LogP contribution in [-0.4, -0.2) is 34.2 Å². The summed E-state index contributed by atoms with van der Waals surface area (Å²) in [7, 11) is 0. The summed E-state index contributed by atoms with van der Waals surface area (Å²) < 4.78 is 1.08. The Kier molecular flexibility index (Phi) is 1.84. The molecule has 0 radical (unpaired) electrons. The van der Waals surface area contributed by atoms with Gasteiger partial charge in [-0.25, -0.2) is 0 Å². The monoisotopic (exact) mass is 174 g/mol. The number of fused-ring (bicyclic) bond motifs is 1. The van der Waals surface area contributed by atoms with E-state index in [1.165, 1.54) is 6.42 Å². The minimum atomic E-state index is 0.547. The molecule has 2 nitrogen and oxygen atoms in total. The molecule has 0 amide bonds. The van der Waals surface area contributed by atoms with Crippen LogP contribution in [0, 0.1) is 0 Å². The SMILES string of the molecule is S=C1SC[C@@H]2NCCCN12. The standard InChI is InChI=1S/C6H10N2S2/c9-6-8-3-1-2-7-5(8)4-10-6/h5,7H,1-4H2/t5-/m1/s1. The lowest BCUT2D eigenvalue weighted by Crippen LogP contribution is -2.49. The zero-order valence-corrected chi connectivity index (χ0v) is 7.30. The Balaban J connectivity index is 2.08. The van der Waals surface area contributed by atoms with Gasteiger partial charge in [0.25, 0.3) is 0 Å². The van der Waals surface area contributed by atoms with Gasteiger partial charge in [0.1, 0.15) is 4.32 Å². The van der Waals surface area contributed by atoms with Crippen LogP contribution in [0.2, 0.25) is 0 Å². The molecule has 2 heterocycles. The zero-order valence-electron chi connectivity index (χ0n) is 5.67. The second-order valence-electron chi connectivity index (χ2n) is 2.59. The molecular formula is C6H10N2S2. The fourth-order valence-corrected chi connectivity index (χ4v) is 2.79. The van der Waals surface area contributed by atoms with Gasteiger partial charge in [0, 0.05) is 12.3 Å². The number of nitrogens with zero attached hydrogens (tertiary/aromatic N) is 1. The van der Waals surface area contributed by atoms with Gasteiger partial charge in [0.15, 0.2) is 0 Å². The normalized spacial score (nSPS) is 32.6. The summed E-state index contributed by atoms with van der Waals surface area (Å²) in [6.07, 6.45) is 1.78. The highest BCUT2D eigenvalue weighted by atomic mass is 32.2. The molecule has 0 aromatic heterocycles. The van der Waals surface area contributed by atoms with E-state index in [1.54, 1.807) is 11.8 Å². The molecule has 0 unspecified atom stereocenters. The van der Waals surface area contributed by atoms with Crippen molar-refractivity contribution in [3.63, 3.8) is 0 Å². The predicted molar refractivity (Wildman–Crippen MR) is 48.2 cm³/mol. The first-order valence-electron chi connectivity index (χ1n) is 3.55. The third-order valence-corrected chi connectivity index (χ3v) is 3.48. The van der Waals surface area contributed by atoms with Crippen molar-refractivity contribution in [2.24, 2.45) is 0 Å². The first-order valence-corrected chi connectivity index (χ1v) is 4.94. The van der Waals surface area contributed by atoms with Gasteiger partial charge in [0.2, 0.25) is 0 Å². The van der Waals surface area contributed by atoms with Crippen LogP contribution in [0.15, 0.2) is 0 Å². The van der Waals surface area contributed by atoms with Gasteiger partial charge in [-0.1, -0.05) is 24.0 Å². The van der Waals surface area contributed by atoms with E-state index >= 15 is 0 Å². The summed E-state index contributed by atoms with van der Waals surface area (Å²) in [6.45, 7) is 2.31. The minimum Gasteiger partial charge on any atom is -0.341 e. The topological polar surface area (TPSA) is 15.3 Å². The predicted octanol–water partition coefficient (Wildman–Crippen LogP) is 0.639. The molecule has 0 spiro atoms. The molecule has 56 valence electrons. The maximum Gasteiger partial charge on any atom is 0.137 e. The van der Waals surface area contributed by atoms with Crippen molar-refractivity contribution in [1.82, 2.24) is 10.2 Å². The highest BCUT2D eigenvalue weighted by molar-refractivity contribution is 8.23. The van der Waals surface area contributed by atoms with Crippen molar-refractivity contribution < 1.29 is 0 Å². The molecule has 1 N–H and O–H groups in total. The summed E-state index contributed by atoms with van der Waals surface area (Å²) in [5, 5.41) is 3.43. The summed E-state index contributed by atoms with van der Waals surface area (Å²) in [6, 6.07) is 0. The van der Waals surface area contributed by atoms with E-state index in [2.05, 4.69) is 10.2 Å². The minimum absolute atomic E-state index is 0.547. The fourth-order valence-electron chi connectivity index (χ4n) is 1.38. The largest absolute Gasteiger partial charge is 0.341 e. The zero-order chi connectivity index (χ0) is 6.97. The summed E-state index contributed by atoms with van der Waals surface area (Å²) >= 11 is 6.96. The molecule has 1 atom stereocenters. The van der Waals surface area contributed by atoms with Crippen LogP contribution in [-0.2, 0) is 0 Å². The number of hydrogen-bond donors (Lipinski definition) is 1. The third kappa shape index (κ3) is 1.04. The Hall–Kier alpha value is 0.200. The van der Waals surface area contributed by atoms with E-state index < -0.39 is 0 Å². The van der Waals surface area contributed by atoms with Crippen molar-refractivity contribution >= 4 is 28.3 Å². The maximum absolute atomic E-state index is 5.17. The Morgan fingerprint density at radius 3 is 3.40 bits per heavy atom. The average Bonchev–Trinajstić information content (AvgIpc) is 2.34. The van der Waals surface area contributed by atoms with Gasteiger partial charge in [-0.2, -0.15) is 0 Å². The Morgan fingerprint density at radius 1 is 1.70 bits per heavy atom. The molecule has 0 bridgehead atoms. The van der Waals surface area contributed by atoms with Gasteiger partial charge < -0.3 is 4.90 Å². The van der Waals surface area contributed by atoms with E-state index in [9.17, 15) is 0 Å². The summed E-state index contributed by atoms with van der Waals surface area (Å²) in [5.74, 6) is 1.14. The lowest BCUT2D eigenvalue weighted by Gasteiger charge is -2.30. The number of thiocarbonyl (C=S) groups is 1. The van der Waals surface area contributed by atoms with Crippen molar-refractivity contribution in [2.75, 3.05) is 18.8 Å². The van der Waals surface area contributed by atoms with Crippen LogP contribution in [0.3, 0.4) is 0 Å². The second kappa shape index (κ2) is 2.68. The third-order valence-electron chi connectivity index (χ3n) is 1.93. The molecule has 0 aromatic carbocycles. The summed E-state index contributed by atoms with van der Waals surface area (Å²) in [5.41, 5.74) is 0. The van der Waals surface area contributed by atoms with Crippen molar-refractivity contribution in [1.29, 1.82) is 0 Å². The van der Waals surface area contributed by atoms with Crippen LogP contribution in [0.25, 0.3) is 0 Å². The molecule has 2 aliphatic rings. The molecule has 2 fully saturated rings. The van der Waals surface area contributed by atoms with Gasteiger partial charge in [-0.15, -0.1) is 0 Å². The number of hydrogen-bond acceptors (Lipinski definition) is 3. The highest BCUT2D eigenvalue weighted by Crippen LogP contribution is 2.24. The van der Waals surface area contributed by atoms with E-state index in [-0.39, 0.29) is 0 Å². The molecular weight excluding hydrogens is 164 g/mol. The molecule has 10 heavy (non-hydrogen) atoms. The average molecular weight is 174 g/mol. The van der Waals surface area contributed by atoms with Gasteiger partial charge in [0.05, 0.1) is 6.17 Å². The van der Waals surface area contributed by atoms with Crippen LogP contribution < -0.4 is 5.32 Å². The molecule has 0 aromatic rings. The second-order valence-corrected chi connectivity index (χ2v) is 4.25.